The average molecular weight is 282 g/mol. The molecular formula is C12H14N2O4S. The third-order valence-corrected chi connectivity index (χ3v) is 2.87. The van der Waals surface area contributed by atoms with Gasteiger partial charge in [-0.15, -0.1) is 11.3 Å². The van der Waals surface area contributed by atoms with Crippen molar-refractivity contribution in [3.05, 3.63) is 33.6 Å². The van der Waals surface area contributed by atoms with E-state index in [4.69, 9.17) is 9.84 Å². The van der Waals surface area contributed by atoms with Gasteiger partial charge >= 0.3 is 5.97 Å². The number of carbonyl (C=O) groups is 2. The Hall–Kier alpha value is -2.15. The number of carbonyl (C=O) groups excluding carboxylic acids is 1. The summed E-state index contributed by atoms with van der Waals surface area (Å²) in [5.41, 5.74) is 2.66. The van der Waals surface area contributed by atoms with Crippen molar-refractivity contribution in [2.45, 2.75) is 13.8 Å². The van der Waals surface area contributed by atoms with Crippen molar-refractivity contribution in [1.82, 2.24) is 10.3 Å². The summed E-state index contributed by atoms with van der Waals surface area (Å²) >= 11 is 1.42. The first-order valence-electron chi connectivity index (χ1n) is 5.31. The van der Waals surface area contributed by atoms with Crippen molar-refractivity contribution in [2.24, 2.45) is 0 Å². The Bertz CT molecular complexity index is 532. The summed E-state index contributed by atoms with van der Waals surface area (Å²) in [6.07, 6.45) is 1.61. The number of nitrogens with one attached hydrogen (secondary N) is 1. The second kappa shape index (κ2) is 6.69. The fourth-order valence-electron chi connectivity index (χ4n) is 1.18. The molecule has 0 fully saturated rings. The second-order valence-electron chi connectivity index (χ2n) is 3.66. The standard InChI is InChI=1S/C12H14N2O4S/c1-7(4-9-5-19-6-13-9)10(15)14-11(18-3)8(2)12(16)17/h4-6H,1-3H3,(H,14,15)(H,16,17). The summed E-state index contributed by atoms with van der Waals surface area (Å²) in [6.45, 7) is 2.96. The number of hydrogen-bond acceptors (Lipinski definition) is 5. The monoisotopic (exact) mass is 282 g/mol. The number of nitrogens with zero attached hydrogens (tertiary/aromatic N) is 1. The van der Waals surface area contributed by atoms with Gasteiger partial charge in [-0.05, 0) is 19.9 Å². The van der Waals surface area contributed by atoms with Crippen LogP contribution in [0.3, 0.4) is 0 Å². The molecule has 7 heteroatoms. The van der Waals surface area contributed by atoms with Gasteiger partial charge in [-0.1, -0.05) is 0 Å². The number of aromatic nitrogens is 1. The minimum atomic E-state index is -1.15. The zero-order chi connectivity index (χ0) is 14.4. The fourth-order valence-corrected chi connectivity index (χ4v) is 1.69. The average Bonchev–Trinajstić information content (AvgIpc) is 2.87. The molecule has 0 aliphatic carbocycles. The molecule has 1 heterocycles. The smallest absolute Gasteiger partial charge is 0.336 e. The predicted octanol–water partition coefficient (Wildman–Crippen LogP) is 1.63. The van der Waals surface area contributed by atoms with E-state index in [1.165, 1.54) is 25.4 Å². The number of methoxy groups -OCH3 is 1. The van der Waals surface area contributed by atoms with Gasteiger partial charge in [0.05, 0.1) is 23.9 Å². The molecule has 0 spiro atoms. The largest absolute Gasteiger partial charge is 0.482 e. The van der Waals surface area contributed by atoms with E-state index < -0.39 is 11.9 Å². The lowest BCUT2D eigenvalue weighted by atomic mass is 10.2. The Kier molecular flexibility index (Phi) is 5.25. The maximum absolute atomic E-state index is 11.9. The Morgan fingerprint density at radius 1 is 1.47 bits per heavy atom. The van der Waals surface area contributed by atoms with Crippen molar-refractivity contribution in [2.75, 3.05) is 7.11 Å². The molecule has 0 aromatic carbocycles. The summed E-state index contributed by atoms with van der Waals surface area (Å²) in [4.78, 5) is 26.7. The lowest BCUT2D eigenvalue weighted by molar-refractivity contribution is -0.132. The molecule has 0 aliphatic rings. The van der Waals surface area contributed by atoms with Gasteiger partial charge < -0.3 is 9.84 Å². The Morgan fingerprint density at radius 2 is 2.16 bits per heavy atom. The van der Waals surface area contributed by atoms with E-state index in [0.717, 1.165) is 0 Å². The van der Waals surface area contributed by atoms with Crippen LogP contribution in [0.1, 0.15) is 19.5 Å². The highest BCUT2D eigenvalue weighted by Gasteiger charge is 2.14. The van der Waals surface area contributed by atoms with Gasteiger partial charge in [-0.3, -0.25) is 10.1 Å². The highest BCUT2D eigenvalue weighted by Crippen LogP contribution is 2.09. The van der Waals surface area contributed by atoms with Crippen molar-refractivity contribution >= 4 is 29.3 Å². The number of amides is 1. The number of carboxylic acids is 1. The minimum Gasteiger partial charge on any atom is -0.482 e. The highest BCUT2D eigenvalue weighted by molar-refractivity contribution is 7.07. The van der Waals surface area contributed by atoms with Gasteiger partial charge in [-0.25, -0.2) is 9.78 Å². The summed E-state index contributed by atoms with van der Waals surface area (Å²) in [5, 5.41) is 13.0. The highest BCUT2D eigenvalue weighted by atomic mass is 32.1. The molecule has 0 atom stereocenters. The van der Waals surface area contributed by atoms with Crippen molar-refractivity contribution < 1.29 is 19.4 Å². The number of rotatable bonds is 5. The van der Waals surface area contributed by atoms with Crippen LogP contribution in [0.4, 0.5) is 0 Å². The molecule has 0 bridgehead atoms. The molecule has 0 unspecified atom stereocenters. The summed E-state index contributed by atoms with van der Waals surface area (Å²) < 4.78 is 4.86. The van der Waals surface area contributed by atoms with Crippen LogP contribution in [0.5, 0.6) is 0 Å². The van der Waals surface area contributed by atoms with E-state index in [1.54, 1.807) is 23.9 Å². The summed E-state index contributed by atoms with van der Waals surface area (Å²) in [7, 11) is 1.29. The van der Waals surface area contributed by atoms with Crippen LogP contribution >= 0.6 is 11.3 Å². The Labute approximate surface area is 114 Å². The molecule has 0 saturated heterocycles. The van der Waals surface area contributed by atoms with E-state index in [1.807, 2.05) is 0 Å². The number of ether oxygens (including phenoxy) is 1. The van der Waals surface area contributed by atoms with Gasteiger partial charge in [0.15, 0.2) is 0 Å². The van der Waals surface area contributed by atoms with Crippen LogP contribution in [-0.2, 0) is 14.3 Å². The molecule has 19 heavy (non-hydrogen) atoms. The first kappa shape index (κ1) is 14.9. The molecule has 0 saturated carbocycles. The van der Waals surface area contributed by atoms with E-state index >= 15 is 0 Å². The predicted molar refractivity (Wildman–Crippen MR) is 71.3 cm³/mol. The topological polar surface area (TPSA) is 88.5 Å². The van der Waals surface area contributed by atoms with E-state index in [2.05, 4.69) is 10.3 Å². The van der Waals surface area contributed by atoms with Gasteiger partial charge in [0, 0.05) is 11.0 Å². The lowest BCUT2D eigenvalue weighted by Crippen LogP contribution is -2.26. The Morgan fingerprint density at radius 3 is 2.63 bits per heavy atom. The number of aliphatic carboxylic acids is 1. The molecule has 2 N–H and O–H groups in total. The SMILES string of the molecule is COC(NC(=O)C(C)=Cc1cscn1)=C(C)C(=O)O. The van der Waals surface area contributed by atoms with Crippen LogP contribution in [0.15, 0.2) is 27.9 Å². The van der Waals surface area contributed by atoms with E-state index in [9.17, 15) is 9.59 Å². The molecule has 1 amide bonds. The number of thiazole rings is 1. The van der Waals surface area contributed by atoms with Crippen LogP contribution in [0, 0.1) is 0 Å². The molecule has 0 radical (unpaired) electrons. The van der Waals surface area contributed by atoms with Crippen molar-refractivity contribution in [3.8, 4) is 0 Å². The third kappa shape index (κ3) is 4.22. The fraction of sp³-hybridized carbons (Fsp3) is 0.250. The second-order valence-corrected chi connectivity index (χ2v) is 4.38. The van der Waals surface area contributed by atoms with Gasteiger partial charge in [0.2, 0.25) is 5.88 Å². The molecule has 1 aromatic heterocycles. The van der Waals surface area contributed by atoms with Gasteiger partial charge in [0.1, 0.15) is 0 Å². The molecule has 0 aliphatic heterocycles. The van der Waals surface area contributed by atoms with Crippen molar-refractivity contribution in [1.29, 1.82) is 0 Å². The number of carboxylic acid groups (broad SMARTS) is 1. The normalized spacial score (nSPS) is 12.7. The van der Waals surface area contributed by atoms with Crippen molar-refractivity contribution in [3.63, 3.8) is 0 Å². The molecular weight excluding hydrogens is 268 g/mol. The minimum absolute atomic E-state index is 0.0719. The summed E-state index contributed by atoms with van der Waals surface area (Å²) in [6, 6.07) is 0. The first-order valence-corrected chi connectivity index (χ1v) is 6.26. The maximum Gasteiger partial charge on any atom is 0.336 e. The zero-order valence-corrected chi connectivity index (χ0v) is 11.6. The molecule has 1 rings (SSSR count). The number of hydrogen-bond donors (Lipinski definition) is 2. The van der Waals surface area contributed by atoms with E-state index in [0.29, 0.717) is 11.3 Å². The van der Waals surface area contributed by atoms with Gasteiger partial charge in [-0.2, -0.15) is 0 Å². The quantitative estimate of drug-likeness (QED) is 0.633. The van der Waals surface area contributed by atoms with Crippen LogP contribution in [0.25, 0.3) is 6.08 Å². The lowest BCUT2D eigenvalue weighted by Gasteiger charge is -2.10. The molecule has 6 nitrogen and oxygen atoms in total. The first-order chi connectivity index (χ1) is 8.95. The maximum atomic E-state index is 11.9. The summed E-state index contributed by atoms with van der Waals surface area (Å²) in [5.74, 6) is -1.67. The van der Waals surface area contributed by atoms with Crippen LogP contribution < -0.4 is 5.32 Å². The van der Waals surface area contributed by atoms with Crippen LogP contribution in [0.2, 0.25) is 0 Å². The zero-order valence-electron chi connectivity index (χ0n) is 10.8. The molecule has 1 aromatic rings. The van der Waals surface area contributed by atoms with Crippen LogP contribution in [-0.4, -0.2) is 29.1 Å². The Balaban J connectivity index is 2.84. The third-order valence-electron chi connectivity index (χ3n) is 2.27. The van der Waals surface area contributed by atoms with E-state index in [-0.39, 0.29) is 11.5 Å². The molecule has 102 valence electrons. The van der Waals surface area contributed by atoms with Gasteiger partial charge in [0.25, 0.3) is 5.91 Å².